The molecule has 1 saturated carbocycles. The minimum Gasteiger partial charge on any atom is -0.330 e. The molecule has 1 fully saturated rings. The molecule has 19 heavy (non-hydrogen) atoms. The summed E-state index contributed by atoms with van der Waals surface area (Å²) in [6, 6.07) is 0. The molecule has 0 aromatic carbocycles. The molecule has 4 heteroatoms. The number of hydrogen-bond donors (Lipinski definition) is 1. The Kier molecular flexibility index (Phi) is 5.46. The van der Waals surface area contributed by atoms with E-state index in [1.54, 1.807) is 0 Å². The first kappa shape index (κ1) is 15.0. The Morgan fingerprint density at radius 2 is 2.21 bits per heavy atom. The lowest BCUT2D eigenvalue weighted by Crippen LogP contribution is -2.30. The molecule has 0 spiro atoms. The van der Waals surface area contributed by atoms with Crippen LogP contribution in [-0.2, 0) is 6.54 Å². The third kappa shape index (κ3) is 3.22. The zero-order chi connectivity index (χ0) is 13.8. The third-order valence-corrected chi connectivity index (χ3v) is 5.21. The van der Waals surface area contributed by atoms with E-state index in [-0.39, 0.29) is 0 Å². The number of hydrogen-bond acceptors (Lipinski definition) is 2. The first-order chi connectivity index (χ1) is 9.21. The first-order valence-electron chi connectivity index (χ1n) is 7.62. The van der Waals surface area contributed by atoms with Gasteiger partial charge in [-0.1, -0.05) is 26.7 Å². The van der Waals surface area contributed by atoms with Gasteiger partial charge in [-0.2, -0.15) is 5.10 Å². The number of rotatable bonds is 5. The molecule has 108 valence electrons. The summed E-state index contributed by atoms with van der Waals surface area (Å²) in [7, 11) is 0. The van der Waals surface area contributed by atoms with Crippen LogP contribution in [0.15, 0.2) is 10.7 Å². The lowest BCUT2D eigenvalue weighted by molar-refractivity contribution is 0.226. The van der Waals surface area contributed by atoms with Gasteiger partial charge in [0.15, 0.2) is 0 Å². The maximum Gasteiger partial charge on any atom is 0.0635 e. The Morgan fingerprint density at radius 3 is 2.84 bits per heavy atom. The second-order valence-corrected chi connectivity index (χ2v) is 6.64. The van der Waals surface area contributed by atoms with E-state index in [2.05, 4.69) is 39.6 Å². The molecule has 0 radical (unpaired) electrons. The Balaban J connectivity index is 2.27. The third-order valence-electron chi connectivity index (χ3n) is 4.60. The molecule has 0 bridgehead atoms. The van der Waals surface area contributed by atoms with Crippen molar-refractivity contribution in [2.24, 2.45) is 17.6 Å². The molecule has 1 aromatic rings. The second-order valence-electron chi connectivity index (χ2n) is 5.79. The molecule has 1 heterocycles. The van der Waals surface area contributed by atoms with E-state index in [4.69, 9.17) is 5.73 Å². The molecule has 0 aliphatic heterocycles. The molecule has 3 atom stereocenters. The van der Waals surface area contributed by atoms with E-state index in [0.717, 1.165) is 25.4 Å². The number of aryl methyl sites for hydroxylation is 1. The van der Waals surface area contributed by atoms with Crippen molar-refractivity contribution in [2.45, 2.75) is 58.4 Å². The van der Waals surface area contributed by atoms with Gasteiger partial charge in [0.05, 0.1) is 16.4 Å². The van der Waals surface area contributed by atoms with Crippen LogP contribution in [0.4, 0.5) is 0 Å². The van der Waals surface area contributed by atoms with Crippen molar-refractivity contribution in [3.8, 4) is 0 Å². The van der Waals surface area contributed by atoms with Crippen LogP contribution < -0.4 is 5.73 Å². The number of nitrogens with two attached hydrogens (primary N) is 1. The van der Waals surface area contributed by atoms with Crippen molar-refractivity contribution in [1.29, 1.82) is 0 Å². The maximum absolute atomic E-state index is 6.02. The summed E-state index contributed by atoms with van der Waals surface area (Å²) in [5.74, 6) is 2.04. The van der Waals surface area contributed by atoms with E-state index in [1.807, 2.05) is 6.20 Å². The van der Waals surface area contributed by atoms with Crippen molar-refractivity contribution < 1.29 is 0 Å². The van der Waals surface area contributed by atoms with Crippen molar-refractivity contribution in [2.75, 3.05) is 6.54 Å². The Hall–Kier alpha value is -0.350. The summed E-state index contributed by atoms with van der Waals surface area (Å²) in [6.07, 6.45) is 8.24. The minimum atomic E-state index is 0.576. The number of nitrogens with zero attached hydrogens (tertiary/aromatic N) is 2. The van der Waals surface area contributed by atoms with Gasteiger partial charge in [0.1, 0.15) is 0 Å². The average molecular weight is 328 g/mol. The normalized spacial score (nSPS) is 27.7. The van der Waals surface area contributed by atoms with Gasteiger partial charge >= 0.3 is 0 Å². The smallest absolute Gasteiger partial charge is 0.0635 e. The van der Waals surface area contributed by atoms with Crippen molar-refractivity contribution in [1.82, 2.24) is 9.78 Å². The van der Waals surface area contributed by atoms with Crippen molar-refractivity contribution in [3.63, 3.8) is 0 Å². The highest BCUT2D eigenvalue weighted by Crippen LogP contribution is 2.43. The summed E-state index contributed by atoms with van der Waals surface area (Å²) in [6.45, 7) is 6.31. The molecule has 0 saturated heterocycles. The van der Waals surface area contributed by atoms with E-state index in [1.165, 1.54) is 35.8 Å². The molecule has 3 unspecified atom stereocenters. The van der Waals surface area contributed by atoms with Gasteiger partial charge in [-0.3, -0.25) is 4.68 Å². The van der Waals surface area contributed by atoms with Crippen LogP contribution in [0.3, 0.4) is 0 Å². The SMILES string of the molecule is CCCn1ncc(Br)c1C1CC(CC)CCC1CN. The van der Waals surface area contributed by atoms with E-state index in [9.17, 15) is 0 Å². The Morgan fingerprint density at radius 1 is 1.42 bits per heavy atom. The highest BCUT2D eigenvalue weighted by atomic mass is 79.9. The number of aromatic nitrogens is 2. The molecular formula is C15H26BrN3. The van der Waals surface area contributed by atoms with E-state index >= 15 is 0 Å². The molecule has 2 rings (SSSR count). The second kappa shape index (κ2) is 6.89. The maximum atomic E-state index is 6.02. The molecular weight excluding hydrogens is 302 g/mol. The molecule has 1 aliphatic rings. The van der Waals surface area contributed by atoms with Crippen LogP contribution in [0.1, 0.15) is 57.6 Å². The van der Waals surface area contributed by atoms with Gasteiger partial charge in [0.25, 0.3) is 0 Å². The largest absolute Gasteiger partial charge is 0.330 e. The van der Waals surface area contributed by atoms with Crippen molar-refractivity contribution >= 4 is 15.9 Å². The fraction of sp³-hybridized carbons (Fsp3) is 0.800. The van der Waals surface area contributed by atoms with Gasteiger partial charge in [-0.25, -0.2) is 0 Å². The summed E-state index contributed by atoms with van der Waals surface area (Å²) < 4.78 is 3.36. The van der Waals surface area contributed by atoms with Gasteiger partial charge in [-0.05, 0) is 53.6 Å². The van der Waals surface area contributed by atoms with Gasteiger partial charge in [0, 0.05) is 12.5 Å². The van der Waals surface area contributed by atoms with Crippen LogP contribution in [0, 0.1) is 11.8 Å². The molecule has 1 aromatic heterocycles. The predicted molar refractivity (Wildman–Crippen MR) is 83.1 cm³/mol. The number of halogens is 1. The zero-order valence-corrected chi connectivity index (χ0v) is 13.7. The molecule has 3 nitrogen and oxygen atoms in total. The molecule has 1 aliphatic carbocycles. The van der Waals surface area contributed by atoms with Gasteiger partial charge < -0.3 is 5.73 Å². The monoisotopic (exact) mass is 327 g/mol. The fourth-order valence-electron chi connectivity index (χ4n) is 3.44. The summed E-state index contributed by atoms with van der Waals surface area (Å²) in [5.41, 5.74) is 7.40. The zero-order valence-electron chi connectivity index (χ0n) is 12.1. The van der Waals surface area contributed by atoms with Crippen LogP contribution in [0.25, 0.3) is 0 Å². The lowest BCUT2D eigenvalue weighted by atomic mass is 9.72. The van der Waals surface area contributed by atoms with Crippen molar-refractivity contribution in [3.05, 3.63) is 16.4 Å². The average Bonchev–Trinajstić information content (AvgIpc) is 2.79. The Labute approximate surface area is 125 Å². The first-order valence-corrected chi connectivity index (χ1v) is 8.41. The quantitative estimate of drug-likeness (QED) is 0.890. The van der Waals surface area contributed by atoms with Gasteiger partial charge in [0.2, 0.25) is 0 Å². The summed E-state index contributed by atoms with van der Waals surface area (Å²) in [4.78, 5) is 0. The van der Waals surface area contributed by atoms with E-state index < -0.39 is 0 Å². The minimum absolute atomic E-state index is 0.576. The Bertz CT molecular complexity index is 402. The highest BCUT2D eigenvalue weighted by molar-refractivity contribution is 9.10. The fourth-order valence-corrected chi connectivity index (χ4v) is 4.03. The van der Waals surface area contributed by atoms with Crippen LogP contribution in [0.2, 0.25) is 0 Å². The van der Waals surface area contributed by atoms with Gasteiger partial charge in [-0.15, -0.1) is 0 Å². The topological polar surface area (TPSA) is 43.8 Å². The molecule has 2 N–H and O–H groups in total. The predicted octanol–water partition coefficient (Wildman–Crippen LogP) is 3.92. The summed E-state index contributed by atoms with van der Waals surface area (Å²) >= 11 is 3.70. The molecule has 0 amide bonds. The van der Waals surface area contributed by atoms with Crippen LogP contribution in [-0.4, -0.2) is 16.3 Å². The van der Waals surface area contributed by atoms with Crippen LogP contribution in [0.5, 0.6) is 0 Å². The van der Waals surface area contributed by atoms with Crippen LogP contribution >= 0.6 is 15.9 Å². The summed E-state index contributed by atoms with van der Waals surface area (Å²) in [5, 5.41) is 4.53. The van der Waals surface area contributed by atoms with E-state index in [0.29, 0.717) is 11.8 Å². The highest BCUT2D eigenvalue weighted by Gasteiger charge is 2.33. The standard InChI is InChI=1S/C15H26BrN3/c1-3-7-19-15(14(16)10-18-19)13-8-11(4-2)5-6-12(13)9-17/h10-13H,3-9,17H2,1-2H3. The lowest BCUT2D eigenvalue weighted by Gasteiger charge is -2.36.